The van der Waals surface area contributed by atoms with E-state index in [9.17, 15) is 0 Å². The molecule has 0 aliphatic carbocycles. The van der Waals surface area contributed by atoms with Gasteiger partial charge in [0.15, 0.2) is 5.82 Å². The molecule has 0 fully saturated rings. The highest BCUT2D eigenvalue weighted by Gasteiger charge is 2.16. The van der Waals surface area contributed by atoms with Crippen molar-refractivity contribution in [2.24, 2.45) is 0 Å². The molecule has 0 aliphatic heterocycles. The molecule has 2 aromatic heterocycles. The van der Waals surface area contributed by atoms with Gasteiger partial charge in [0.1, 0.15) is 0 Å². The smallest absolute Gasteiger partial charge is 0.223 e. The Bertz CT molecular complexity index is 502. The zero-order valence-electron chi connectivity index (χ0n) is 11.3. The third-order valence-electron chi connectivity index (χ3n) is 2.93. The Morgan fingerprint density at radius 3 is 2.61 bits per heavy atom. The van der Waals surface area contributed by atoms with Crippen LogP contribution < -0.4 is 0 Å². The highest BCUT2D eigenvalue weighted by molar-refractivity contribution is 5.08. The van der Waals surface area contributed by atoms with Gasteiger partial charge in [0.05, 0.1) is 18.6 Å². The molecule has 0 amide bonds. The molecule has 0 unspecified atom stereocenters. The molecule has 0 aliphatic rings. The molecule has 0 saturated carbocycles. The Kier molecular flexibility index (Phi) is 3.76. The molecule has 18 heavy (non-hydrogen) atoms. The van der Waals surface area contributed by atoms with E-state index in [2.05, 4.69) is 38.9 Å². The fourth-order valence-electron chi connectivity index (χ4n) is 1.75. The van der Waals surface area contributed by atoms with Gasteiger partial charge in [-0.3, -0.25) is 4.90 Å². The van der Waals surface area contributed by atoms with Gasteiger partial charge in [-0.2, -0.15) is 4.98 Å². The minimum Gasteiger partial charge on any atom is -0.348 e. The molecular weight excluding hydrogens is 230 g/mol. The van der Waals surface area contributed by atoms with Gasteiger partial charge >= 0.3 is 0 Å². The van der Waals surface area contributed by atoms with Crippen LogP contribution in [0.15, 0.2) is 10.9 Å². The normalized spacial score (nSPS) is 11.7. The summed E-state index contributed by atoms with van der Waals surface area (Å²) in [6.07, 6.45) is 1.72. The van der Waals surface area contributed by atoms with Gasteiger partial charge in [0.2, 0.25) is 5.89 Å². The van der Waals surface area contributed by atoms with Crippen LogP contribution in [0.1, 0.15) is 37.0 Å². The van der Waals surface area contributed by atoms with Gasteiger partial charge in [0.25, 0.3) is 0 Å². The second kappa shape index (κ2) is 5.30. The summed E-state index contributed by atoms with van der Waals surface area (Å²) in [5, 5.41) is 3.93. The van der Waals surface area contributed by atoms with Crippen molar-refractivity contribution in [3.63, 3.8) is 0 Å². The van der Waals surface area contributed by atoms with Gasteiger partial charge in [-0.15, -0.1) is 0 Å². The highest BCUT2D eigenvalue weighted by atomic mass is 16.5. The Balaban J connectivity index is 2.07. The van der Waals surface area contributed by atoms with Crippen molar-refractivity contribution in [3.8, 4) is 0 Å². The lowest BCUT2D eigenvalue weighted by Crippen LogP contribution is -2.30. The number of hydrogen-bond donors (Lipinski definition) is 1. The van der Waals surface area contributed by atoms with Crippen LogP contribution in [0.4, 0.5) is 0 Å². The fourth-order valence-corrected chi connectivity index (χ4v) is 1.75. The van der Waals surface area contributed by atoms with Gasteiger partial charge < -0.3 is 9.51 Å². The number of rotatable bonds is 5. The average molecular weight is 249 g/mol. The lowest BCUT2D eigenvalue weighted by molar-refractivity contribution is 0.193. The Hall–Kier alpha value is -1.69. The van der Waals surface area contributed by atoms with Crippen molar-refractivity contribution in [3.05, 3.63) is 29.4 Å². The third kappa shape index (κ3) is 2.95. The van der Waals surface area contributed by atoms with Gasteiger partial charge in [-0.05, 0) is 20.8 Å². The van der Waals surface area contributed by atoms with Gasteiger partial charge in [0, 0.05) is 25.2 Å². The number of aromatic nitrogens is 4. The van der Waals surface area contributed by atoms with Crippen LogP contribution in [0.5, 0.6) is 0 Å². The summed E-state index contributed by atoms with van der Waals surface area (Å²) >= 11 is 0. The zero-order valence-corrected chi connectivity index (χ0v) is 11.3. The second-order valence-electron chi connectivity index (χ2n) is 4.70. The van der Waals surface area contributed by atoms with Crippen molar-refractivity contribution in [1.82, 2.24) is 25.0 Å². The SMILES string of the molecule is Cc1nc(CN(Cc2nc[nH]c2C)C(C)C)no1. The van der Waals surface area contributed by atoms with E-state index in [1.54, 1.807) is 13.3 Å². The summed E-state index contributed by atoms with van der Waals surface area (Å²) < 4.78 is 4.99. The summed E-state index contributed by atoms with van der Waals surface area (Å²) in [6, 6.07) is 0.389. The summed E-state index contributed by atoms with van der Waals surface area (Å²) in [5.41, 5.74) is 2.16. The lowest BCUT2D eigenvalue weighted by Gasteiger charge is -2.24. The standard InChI is InChI=1S/C12H19N5O/c1-8(2)17(5-11-9(3)13-7-14-11)6-12-15-10(4)18-16-12/h7-8H,5-6H2,1-4H3,(H,13,14). The second-order valence-corrected chi connectivity index (χ2v) is 4.70. The molecule has 0 radical (unpaired) electrons. The topological polar surface area (TPSA) is 70.8 Å². The Labute approximate surface area is 106 Å². The van der Waals surface area contributed by atoms with Gasteiger partial charge in [-0.25, -0.2) is 4.98 Å². The first kappa shape index (κ1) is 12.8. The largest absolute Gasteiger partial charge is 0.348 e. The van der Waals surface area contributed by atoms with E-state index in [-0.39, 0.29) is 0 Å². The quantitative estimate of drug-likeness (QED) is 0.875. The van der Waals surface area contributed by atoms with Crippen LogP contribution in [-0.4, -0.2) is 31.1 Å². The van der Waals surface area contributed by atoms with Crippen LogP contribution in [0.2, 0.25) is 0 Å². The number of hydrogen-bond acceptors (Lipinski definition) is 5. The van der Waals surface area contributed by atoms with Crippen molar-refractivity contribution in [2.45, 2.75) is 46.8 Å². The van der Waals surface area contributed by atoms with Crippen molar-refractivity contribution >= 4 is 0 Å². The third-order valence-corrected chi connectivity index (χ3v) is 2.93. The molecule has 0 saturated heterocycles. The van der Waals surface area contributed by atoms with E-state index in [0.717, 1.165) is 23.8 Å². The average Bonchev–Trinajstić information content (AvgIpc) is 2.88. The molecule has 2 aromatic rings. The van der Waals surface area contributed by atoms with E-state index in [1.807, 2.05) is 6.92 Å². The summed E-state index contributed by atoms with van der Waals surface area (Å²) in [7, 11) is 0. The molecule has 0 aromatic carbocycles. The highest BCUT2D eigenvalue weighted by Crippen LogP contribution is 2.12. The first-order chi connectivity index (χ1) is 8.56. The minimum absolute atomic E-state index is 0.389. The van der Waals surface area contributed by atoms with Crippen molar-refractivity contribution in [2.75, 3.05) is 0 Å². The predicted molar refractivity (Wildman–Crippen MR) is 66.7 cm³/mol. The molecule has 0 spiro atoms. The Morgan fingerprint density at radius 1 is 1.33 bits per heavy atom. The van der Waals surface area contributed by atoms with E-state index in [1.165, 1.54) is 0 Å². The number of aromatic amines is 1. The maximum atomic E-state index is 4.99. The van der Waals surface area contributed by atoms with Crippen molar-refractivity contribution < 1.29 is 4.52 Å². The number of aryl methyl sites for hydroxylation is 2. The molecule has 0 atom stereocenters. The molecule has 6 heteroatoms. The molecule has 98 valence electrons. The summed E-state index contributed by atoms with van der Waals surface area (Å²) in [6.45, 7) is 9.57. The van der Waals surface area contributed by atoms with Crippen LogP contribution in [0.3, 0.4) is 0 Å². The van der Waals surface area contributed by atoms with E-state index in [0.29, 0.717) is 18.5 Å². The summed E-state index contributed by atoms with van der Waals surface area (Å²) in [5.74, 6) is 1.32. The van der Waals surface area contributed by atoms with E-state index >= 15 is 0 Å². The van der Waals surface area contributed by atoms with Crippen LogP contribution >= 0.6 is 0 Å². The van der Waals surface area contributed by atoms with Crippen LogP contribution in [0, 0.1) is 13.8 Å². The molecule has 6 nitrogen and oxygen atoms in total. The maximum Gasteiger partial charge on any atom is 0.223 e. The number of nitrogens with zero attached hydrogens (tertiary/aromatic N) is 4. The molecule has 2 rings (SSSR count). The lowest BCUT2D eigenvalue weighted by atomic mass is 10.2. The first-order valence-corrected chi connectivity index (χ1v) is 6.08. The molecule has 1 N–H and O–H groups in total. The maximum absolute atomic E-state index is 4.99. The molecule has 2 heterocycles. The van der Waals surface area contributed by atoms with E-state index < -0.39 is 0 Å². The van der Waals surface area contributed by atoms with Crippen molar-refractivity contribution in [1.29, 1.82) is 0 Å². The van der Waals surface area contributed by atoms with Gasteiger partial charge in [-0.1, -0.05) is 5.16 Å². The molecular formula is C12H19N5O. The zero-order chi connectivity index (χ0) is 13.1. The minimum atomic E-state index is 0.389. The first-order valence-electron chi connectivity index (χ1n) is 6.08. The number of nitrogens with one attached hydrogen (secondary N) is 1. The number of imidazole rings is 1. The molecule has 0 bridgehead atoms. The van der Waals surface area contributed by atoms with Crippen LogP contribution in [0.25, 0.3) is 0 Å². The summed E-state index contributed by atoms with van der Waals surface area (Å²) in [4.78, 5) is 13.9. The Morgan fingerprint density at radius 2 is 2.11 bits per heavy atom. The predicted octanol–water partition coefficient (Wildman–Crippen LogP) is 1.82. The van der Waals surface area contributed by atoms with Crippen LogP contribution in [-0.2, 0) is 13.1 Å². The fraction of sp³-hybridized carbons (Fsp3) is 0.583. The van der Waals surface area contributed by atoms with E-state index in [4.69, 9.17) is 4.52 Å². The number of H-pyrrole nitrogens is 1. The monoisotopic (exact) mass is 249 g/mol.